The molecule has 4 nitrogen and oxygen atoms in total. The number of carbonyl (C=O) groups is 1. The second-order valence-corrected chi connectivity index (χ2v) is 19.5. The molecule has 0 fully saturated rings. The van der Waals surface area contributed by atoms with Crippen molar-refractivity contribution >= 4 is 11.5 Å². The summed E-state index contributed by atoms with van der Waals surface area (Å²) >= 11 is 0. The van der Waals surface area contributed by atoms with Gasteiger partial charge in [0.2, 0.25) is 6.04 Å². The highest BCUT2D eigenvalue weighted by Gasteiger charge is 2.49. The largest absolute Gasteiger partial charge is 0.874 e. The van der Waals surface area contributed by atoms with E-state index in [2.05, 4.69) is 64.5 Å². The third kappa shape index (κ3) is 16.2. The van der Waals surface area contributed by atoms with Crippen LogP contribution in [0.15, 0.2) is 22.5 Å². The summed E-state index contributed by atoms with van der Waals surface area (Å²) in [6.45, 7) is 19.7. The van der Waals surface area contributed by atoms with Gasteiger partial charge in [0, 0.05) is 42.4 Å². The molecular weight excluding hydrogens is 733 g/mol. The zero-order valence-electron chi connectivity index (χ0n) is 41.3. The highest BCUT2D eigenvalue weighted by atomic mass is 16.3. The fourth-order valence-electron chi connectivity index (χ4n) is 11.0. The lowest BCUT2D eigenvalue weighted by molar-refractivity contribution is -0.545. The Bertz CT molecular complexity index is 1460. The first-order valence-electron chi connectivity index (χ1n) is 26.7. The van der Waals surface area contributed by atoms with Crippen LogP contribution in [-0.4, -0.2) is 33.2 Å². The Hall–Kier alpha value is -2.10. The first-order chi connectivity index (χ1) is 29.3. The maximum absolute atomic E-state index is 14.4. The van der Waals surface area contributed by atoms with Gasteiger partial charge in [0.05, 0.1) is 11.5 Å². The topological polar surface area (TPSA) is 48.1 Å². The third-order valence-corrected chi connectivity index (χ3v) is 14.8. The second-order valence-electron chi connectivity index (χ2n) is 19.5. The molecule has 2 aliphatic rings. The average molecular weight is 831 g/mol. The van der Waals surface area contributed by atoms with Crippen LogP contribution < -0.4 is 5.11 Å². The molecule has 3 rings (SSSR count). The first-order valence-corrected chi connectivity index (χ1v) is 26.7. The summed E-state index contributed by atoms with van der Waals surface area (Å²) in [7, 11) is 0. The van der Waals surface area contributed by atoms with Crippen molar-refractivity contribution in [2.24, 2.45) is 0 Å². The number of nitrogens with zero attached hydrogens (tertiary/aromatic N) is 2. The normalized spacial score (nSPS) is 17.0. The molecule has 0 aromatic carbocycles. The molecule has 344 valence electrons. The SMILES string of the molecule is CCCCCCCCCCCCCCCCCCn1c(C)c(CC)c(C)c1C1C(=O)C(C2C(C)=C(CC)C(C)=[N+]2CCCCCCCCCCCCCCCCCC)=C1[O-]. The quantitative estimate of drug-likeness (QED) is 0.0492. The number of Topliss-reactive ketones (excluding diaryl/α,β-unsaturated/α-hetero) is 1. The van der Waals surface area contributed by atoms with Crippen molar-refractivity contribution in [3.8, 4) is 0 Å². The van der Waals surface area contributed by atoms with E-state index in [0.29, 0.717) is 5.57 Å². The van der Waals surface area contributed by atoms with E-state index >= 15 is 0 Å². The van der Waals surface area contributed by atoms with Gasteiger partial charge in [-0.2, -0.15) is 0 Å². The average Bonchev–Trinajstić information content (AvgIpc) is 3.61. The van der Waals surface area contributed by atoms with Crippen molar-refractivity contribution in [1.82, 2.24) is 4.57 Å². The number of carbonyl (C=O) groups excluding carboxylic acids is 1. The summed E-state index contributed by atoms with van der Waals surface area (Å²) in [5, 5.41) is 14.4. The van der Waals surface area contributed by atoms with E-state index in [1.165, 1.54) is 226 Å². The summed E-state index contributed by atoms with van der Waals surface area (Å²) in [6, 6.07) is -0.177. The van der Waals surface area contributed by atoms with E-state index in [4.69, 9.17) is 0 Å². The van der Waals surface area contributed by atoms with E-state index in [9.17, 15) is 9.90 Å². The maximum Gasteiger partial charge on any atom is 0.202 e. The van der Waals surface area contributed by atoms with Crippen molar-refractivity contribution in [3.05, 3.63) is 45.0 Å². The number of ketones is 1. The number of rotatable bonds is 38. The lowest BCUT2D eigenvalue weighted by atomic mass is 9.74. The number of aromatic nitrogens is 1. The molecule has 0 amide bonds. The van der Waals surface area contributed by atoms with Gasteiger partial charge in [0.15, 0.2) is 11.5 Å². The fourth-order valence-corrected chi connectivity index (χ4v) is 11.0. The van der Waals surface area contributed by atoms with Crippen molar-refractivity contribution in [2.45, 2.75) is 292 Å². The van der Waals surface area contributed by atoms with Crippen molar-refractivity contribution in [2.75, 3.05) is 6.54 Å². The molecule has 0 radical (unpaired) electrons. The van der Waals surface area contributed by atoms with Crippen LogP contribution in [0, 0.1) is 13.8 Å². The van der Waals surface area contributed by atoms with E-state index in [0.717, 1.165) is 44.5 Å². The van der Waals surface area contributed by atoms with Gasteiger partial charge in [0.25, 0.3) is 0 Å². The lowest BCUT2D eigenvalue weighted by Crippen LogP contribution is -2.45. The molecule has 2 heterocycles. The molecule has 0 spiro atoms. The highest BCUT2D eigenvalue weighted by molar-refractivity contribution is 6.11. The summed E-state index contributed by atoms with van der Waals surface area (Å²) in [4.78, 5) is 14.4. The smallest absolute Gasteiger partial charge is 0.202 e. The minimum absolute atomic E-state index is 0.0861. The molecular formula is C56H98N2O2. The third-order valence-electron chi connectivity index (χ3n) is 14.8. The first kappa shape index (κ1) is 52.2. The van der Waals surface area contributed by atoms with Crippen LogP contribution in [0.25, 0.3) is 0 Å². The highest BCUT2D eigenvalue weighted by Crippen LogP contribution is 2.45. The van der Waals surface area contributed by atoms with Gasteiger partial charge in [-0.1, -0.05) is 214 Å². The Morgan fingerprint density at radius 1 is 0.517 bits per heavy atom. The second kappa shape index (κ2) is 30.9. The maximum atomic E-state index is 14.4. The zero-order chi connectivity index (χ0) is 43.5. The molecule has 2 unspecified atom stereocenters. The van der Waals surface area contributed by atoms with Gasteiger partial charge in [0.1, 0.15) is 6.54 Å². The van der Waals surface area contributed by atoms with Gasteiger partial charge in [-0.25, -0.2) is 4.58 Å². The van der Waals surface area contributed by atoms with E-state index in [1.54, 1.807) is 0 Å². The standard InChI is InChI=1S/C56H98N2O2/c1-9-13-15-17-19-21-23-25-27-29-31-33-35-37-39-41-43-57-47(7)49(11-3)45(5)53(57)51-55(59)52(56(51)60)54-46(6)50(12-4)48(8)58(54)44-42-40-38-36-34-32-30-28-26-24-22-20-18-16-14-10-2/h51,54H,9-44H2,1-8H3. The fraction of sp³-hybridized carbons (Fsp3) is 0.821. The molecule has 0 saturated heterocycles. The molecule has 1 aromatic heterocycles. The Labute approximate surface area is 372 Å². The summed E-state index contributed by atoms with van der Waals surface area (Å²) in [5.41, 5.74) is 9.19. The predicted molar refractivity (Wildman–Crippen MR) is 260 cm³/mol. The minimum atomic E-state index is -0.628. The molecule has 4 heteroatoms. The summed E-state index contributed by atoms with van der Waals surface area (Å²) in [6.07, 6.45) is 45.5. The van der Waals surface area contributed by atoms with Crippen molar-refractivity contribution in [1.29, 1.82) is 0 Å². The Kier molecular flexibility index (Phi) is 26.9. The van der Waals surface area contributed by atoms with Crippen LogP contribution in [0.5, 0.6) is 0 Å². The number of unbranched alkanes of at least 4 members (excludes halogenated alkanes) is 30. The summed E-state index contributed by atoms with van der Waals surface area (Å²) < 4.78 is 4.82. The molecule has 1 aliphatic heterocycles. The molecule has 60 heavy (non-hydrogen) atoms. The van der Waals surface area contributed by atoms with Gasteiger partial charge in [-0.05, 0) is 57.6 Å². The molecule has 1 aliphatic carbocycles. The minimum Gasteiger partial charge on any atom is -0.874 e. The molecule has 1 aromatic rings. The number of hydrogen-bond donors (Lipinski definition) is 0. The number of allylic oxidation sites excluding steroid dienone is 2. The Morgan fingerprint density at radius 2 is 0.900 bits per heavy atom. The van der Waals surface area contributed by atoms with Gasteiger partial charge in [-0.15, -0.1) is 5.76 Å². The van der Waals surface area contributed by atoms with Crippen molar-refractivity contribution < 1.29 is 14.5 Å². The van der Waals surface area contributed by atoms with Gasteiger partial charge >= 0.3 is 0 Å². The predicted octanol–water partition coefficient (Wildman–Crippen LogP) is 16.1. The van der Waals surface area contributed by atoms with Gasteiger partial charge in [-0.3, -0.25) is 4.79 Å². The Balaban J connectivity index is 1.45. The van der Waals surface area contributed by atoms with Crippen LogP contribution in [-0.2, 0) is 17.8 Å². The van der Waals surface area contributed by atoms with Crippen LogP contribution in [0.2, 0.25) is 0 Å². The van der Waals surface area contributed by atoms with E-state index in [-0.39, 0.29) is 17.6 Å². The molecule has 0 bridgehead atoms. The number of hydrogen-bond acceptors (Lipinski definition) is 2. The molecule has 0 saturated carbocycles. The van der Waals surface area contributed by atoms with E-state index < -0.39 is 5.92 Å². The van der Waals surface area contributed by atoms with Gasteiger partial charge < -0.3 is 9.67 Å². The molecule has 0 N–H and O–H groups in total. The van der Waals surface area contributed by atoms with Crippen LogP contribution >= 0.6 is 0 Å². The monoisotopic (exact) mass is 831 g/mol. The van der Waals surface area contributed by atoms with Crippen LogP contribution in [0.4, 0.5) is 0 Å². The Morgan fingerprint density at radius 3 is 1.27 bits per heavy atom. The van der Waals surface area contributed by atoms with E-state index in [1.807, 2.05) is 0 Å². The van der Waals surface area contributed by atoms with Crippen LogP contribution in [0.3, 0.4) is 0 Å². The van der Waals surface area contributed by atoms with Crippen molar-refractivity contribution in [3.63, 3.8) is 0 Å². The lowest BCUT2D eigenvalue weighted by Gasteiger charge is -2.39. The zero-order valence-corrected chi connectivity index (χ0v) is 41.3. The molecule has 2 atom stereocenters. The summed E-state index contributed by atoms with van der Waals surface area (Å²) in [5.74, 6) is -0.456. The van der Waals surface area contributed by atoms with Crippen LogP contribution in [0.1, 0.15) is 282 Å².